The van der Waals surface area contributed by atoms with Gasteiger partial charge in [0.15, 0.2) is 6.61 Å². The van der Waals surface area contributed by atoms with E-state index < -0.39 is 0 Å². The molecule has 2 aromatic rings. The molecule has 1 fully saturated rings. The number of nitrogens with one attached hydrogen (secondary N) is 1. The Hall–Kier alpha value is -2.37. The highest BCUT2D eigenvalue weighted by molar-refractivity contribution is 5.78. The Balaban J connectivity index is 1.54. The molecule has 1 saturated heterocycles. The first-order valence-electron chi connectivity index (χ1n) is 9.43. The summed E-state index contributed by atoms with van der Waals surface area (Å²) in [6.45, 7) is 8.15. The fourth-order valence-electron chi connectivity index (χ4n) is 3.24. The quantitative estimate of drug-likeness (QED) is 0.816. The summed E-state index contributed by atoms with van der Waals surface area (Å²) in [5, 5.41) is 3.00. The summed E-state index contributed by atoms with van der Waals surface area (Å²) in [5.41, 5.74) is 1.95. The average Bonchev–Trinajstić information content (AvgIpc) is 2.72. The fourth-order valence-corrected chi connectivity index (χ4v) is 3.24. The summed E-state index contributed by atoms with van der Waals surface area (Å²) in [4.78, 5) is 14.7. The molecule has 5 nitrogen and oxygen atoms in total. The third-order valence-corrected chi connectivity index (χ3v) is 4.92. The molecule has 0 aliphatic carbocycles. The van der Waals surface area contributed by atoms with E-state index in [0.29, 0.717) is 12.3 Å². The summed E-state index contributed by atoms with van der Waals surface area (Å²) in [6.07, 6.45) is 0. The van der Waals surface area contributed by atoms with Crippen molar-refractivity contribution in [2.75, 3.05) is 39.5 Å². The van der Waals surface area contributed by atoms with Crippen molar-refractivity contribution in [2.24, 2.45) is 0 Å². The smallest absolute Gasteiger partial charge is 0.258 e. The lowest BCUT2D eigenvalue weighted by atomic mass is 10.0. The van der Waals surface area contributed by atoms with Crippen LogP contribution >= 0.6 is 0 Å². The SMILES string of the molecule is CC(C)(CNC(=O)COc1ccccc1-c1ccccc1)N1CCOCC1. The second-order valence-corrected chi connectivity index (χ2v) is 7.34. The van der Waals surface area contributed by atoms with E-state index >= 15 is 0 Å². The molecule has 0 saturated carbocycles. The van der Waals surface area contributed by atoms with E-state index in [1.165, 1.54) is 0 Å². The zero-order valence-corrected chi connectivity index (χ0v) is 16.1. The van der Waals surface area contributed by atoms with Crippen LogP contribution in [0.3, 0.4) is 0 Å². The summed E-state index contributed by atoms with van der Waals surface area (Å²) in [6, 6.07) is 17.8. The highest BCUT2D eigenvalue weighted by Crippen LogP contribution is 2.29. The van der Waals surface area contributed by atoms with Gasteiger partial charge in [0, 0.05) is 30.7 Å². The number of benzene rings is 2. The lowest BCUT2D eigenvalue weighted by Crippen LogP contribution is -2.55. The molecule has 0 spiro atoms. The Bertz CT molecular complexity index is 740. The number of nitrogens with zero attached hydrogens (tertiary/aromatic N) is 1. The van der Waals surface area contributed by atoms with Crippen LogP contribution in [0.15, 0.2) is 54.6 Å². The lowest BCUT2D eigenvalue weighted by molar-refractivity contribution is -0.123. The number of ether oxygens (including phenoxy) is 2. The summed E-state index contributed by atoms with van der Waals surface area (Å²) >= 11 is 0. The largest absolute Gasteiger partial charge is 0.483 e. The average molecular weight is 368 g/mol. The van der Waals surface area contributed by atoms with Gasteiger partial charge in [-0.3, -0.25) is 9.69 Å². The molecule has 5 heteroatoms. The molecule has 144 valence electrons. The van der Waals surface area contributed by atoms with Crippen LogP contribution in [0.5, 0.6) is 5.75 Å². The van der Waals surface area contributed by atoms with Crippen LogP contribution in [-0.4, -0.2) is 55.8 Å². The van der Waals surface area contributed by atoms with Crippen LogP contribution < -0.4 is 10.1 Å². The predicted octanol–water partition coefficient (Wildman–Crippen LogP) is 2.96. The second kappa shape index (κ2) is 9.02. The van der Waals surface area contributed by atoms with E-state index in [2.05, 4.69) is 24.1 Å². The van der Waals surface area contributed by atoms with Gasteiger partial charge in [-0.2, -0.15) is 0 Å². The highest BCUT2D eigenvalue weighted by atomic mass is 16.5. The van der Waals surface area contributed by atoms with Crippen molar-refractivity contribution in [3.8, 4) is 16.9 Å². The van der Waals surface area contributed by atoms with Crippen molar-refractivity contribution < 1.29 is 14.3 Å². The molecule has 1 aliphatic heterocycles. The number of amides is 1. The monoisotopic (exact) mass is 368 g/mol. The maximum absolute atomic E-state index is 12.3. The van der Waals surface area contributed by atoms with E-state index in [4.69, 9.17) is 9.47 Å². The molecular weight excluding hydrogens is 340 g/mol. The van der Waals surface area contributed by atoms with E-state index in [1.54, 1.807) is 0 Å². The molecule has 0 unspecified atom stereocenters. The molecule has 0 bridgehead atoms. The van der Waals surface area contributed by atoms with E-state index in [0.717, 1.165) is 37.4 Å². The Kier molecular flexibility index (Phi) is 6.48. The molecule has 3 rings (SSSR count). The first-order valence-corrected chi connectivity index (χ1v) is 9.43. The molecule has 1 N–H and O–H groups in total. The van der Waals surface area contributed by atoms with Crippen molar-refractivity contribution >= 4 is 5.91 Å². The normalized spacial score (nSPS) is 15.3. The summed E-state index contributed by atoms with van der Waals surface area (Å²) in [7, 11) is 0. The molecule has 0 radical (unpaired) electrons. The van der Waals surface area contributed by atoms with Gasteiger partial charge in [-0.05, 0) is 25.5 Å². The number of carbonyl (C=O) groups is 1. The van der Waals surface area contributed by atoms with Gasteiger partial charge in [-0.15, -0.1) is 0 Å². The van der Waals surface area contributed by atoms with Crippen LogP contribution in [0, 0.1) is 0 Å². The second-order valence-electron chi connectivity index (χ2n) is 7.34. The standard InChI is InChI=1S/C22H28N2O3/c1-22(2,24-12-14-26-15-13-24)17-23-21(25)16-27-20-11-7-6-10-19(20)18-8-4-3-5-9-18/h3-11H,12-17H2,1-2H3,(H,23,25). The van der Waals surface area contributed by atoms with Gasteiger partial charge in [0.05, 0.1) is 13.2 Å². The first kappa shape index (κ1) is 19.4. The molecule has 1 heterocycles. The van der Waals surface area contributed by atoms with Crippen LogP contribution in [0.4, 0.5) is 0 Å². The number of rotatable bonds is 7. The van der Waals surface area contributed by atoms with Gasteiger partial charge < -0.3 is 14.8 Å². The Labute approximate surface area is 161 Å². The molecule has 27 heavy (non-hydrogen) atoms. The third kappa shape index (κ3) is 5.31. The molecule has 0 aromatic heterocycles. The summed E-state index contributed by atoms with van der Waals surface area (Å²) < 4.78 is 11.2. The number of hydrogen-bond donors (Lipinski definition) is 1. The van der Waals surface area contributed by atoms with E-state index in [-0.39, 0.29) is 18.1 Å². The van der Waals surface area contributed by atoms with Crippen LogP contribution in [0.1, 0.15) is 13.8 Å². The van der Waals surface area contributed by atoms with Gasteiger partial charge in [-0.25, -0.2) is 0 Å². The van der Waals surface area contributed by atoms with Crippen LogP contribution in [-0.2, 0) is 9.53 Å². The van der Waals surface area contributed by atoms with Crippen molar-refractivity contribution in [1.82, 2.24) is 10.2 Å². The predicted molar refractivity (Wildman–Crippen MR) is 107 cm³/mol. The van der Waals surface area contributed by atoms with Gasteiger partial charge in [-0.1, -0.05) is 48.5 Å². The van der Waals surface area contributed by atoms with E-state index in [1.807, 2.05) is 54.6 Å². The van der Waals surface area contributed by atoms with Crippen molar-refractivity contribution in [2.45, 2.75) is 19.4 Å². The van der Waals surface area contributed by atoms with Crippen molar-refractivity contribution in [1.29, 1.82) is 0 Å². The lowest BCUT2D eigenvalue weighted by Gasteiger charge is -2.40. The van der Waals surface area contributed by atoms with Crippen LogP contribution in [0.2, 0.25) is 0 Å². The Morgan fingerprint density at radius 2 is 1.74 bits per heavy atom. The third-order valence-electron chi connectivity index (χ3n) is 4.92. The van der Waals surface area contributed by atoms with Gasteiger partial charge in [0.25, 0.3) is 5.91 Å². The molecular formula is C22H28N2O3. The minimum Gasteiger partial charge on any atom is -0.483 e. The molecule has 2 aromatic carbocycles. The van der Waals surface area contributed by atoms with E-state index in [9.17, 15) is 4.79 Å². The molecule has 1 aliphatic rings. The maximum atomic E-state index is 12.3. The summed E-state index contributed by atoms with van der Waals surface area (Å²) in [5.74, 6) is 0.602. The Morgan fingerprint density at radius 3 is 2.48 bits per heavy atom. The van der Waals surface area contributed by atoms with Crippen molar-refractivity contribution in [3.05, 3.63) is 54.6 Å². The number of hydrogen-bond acceptors (Lipinski definition) is 4. The molecule has 1 amide bonds. The minimum absolute atomic E-state index is 0.00301. The van der Waals surface area contributed by atoms with Gasteiger partial charge in [0.2, 0.25) is 0 Å². The highest BCUT2D eigenvalue weighted by Gasteiger charge is 2.28. The van der Waals surface area contributed by atoms with Gasteiger partial charge >= 0.3 is 0 Å². The first-order chi connectivity index (χ1) is 13.1. The zero-order chi connectivity index (χ0) is 19.1. The van der Waals surface area contributed by atoms with Crippen molar-refractivity contribution in [3.63, 3.8) is 0 Å². The fraction of sp³-hybridized carbons (Fsp3) is 0.409. The number of carbonyl (C=O) groups excluding carboxylic acids is 1. The van der Waals surface area contributed by atoms with Gasteiger partial charge in [0.1, 0.15) is 5.75 Å². The number of morpholine rings is 1. The Morgan fingerprint density at radius 1 is 1.07 bits per heavy atom. The van der Waals surface area contributed by atoms with Crippen LogP contribution in [0.25, 0.3) is 11.1 Å². The maximum Gasteiger partial charge on any atom is 0.258 e. The number of para-hydroxylation sites is 1. The molecule has 0 atom stereocenters. The minimum atomic E-state index is -0.112. The zero-order valence-electron chi connectivity index (χ0n) is 16.1. The topological polar surface area (TPSA) is 50.8 Å².